The Morgan fingerprint density at radius 2 is 2.15 bits per heavy atom. The third-order valence-corrected chi connectivity index (χ3v) is 5.46. The normalized spacial score (nSPS) is 22.9. The standard InChI is InChI=1S/C14H19F2NO2S/c1-2-7-17-14(10-6-8-20(18,19)9-10)11-4-3-5-12(15)13(11)16/h3-5,10,14,17H,2,6-9H2,1H3. The molecule has 1 heterocycles. The van der Waals surface area contributed by atoms with Crippen molar-refractivity contribution in [2.24, 2.45) is 5.92 Å². The van der Waals surface area contributed by atoms with Crippen molar-refractivity contribution in [3.8, 4) is 0 Å². The minimum absolute atomic E-state index is 0.0321. The number of hydrogen-bond donors (Lipinski definition) is 1. The van der Waals surface area contributed by atoms with Crippen LogP contribution in [0.2, 0.25) is 0 Å². The molecule has 0 spiro atoms. The van der Waals surface area contributed by atoms with Gasteiger partial charge in [0.15, 0.2) is 21.5 Å². The summed E-state index contributed by atoms with van der Waals surface area (Å²) in [4.78, 5) is 0. The Kier molecular flexibility index (Phi) is 4.75. The molecule has 0 aromatic heterocycles. The van der Waals surface area contributed by atoms with E-state index in [1.165, 1.54) is 12.1 Å². The van der Waals surface area contributed by atoms with Crippen LogP contribution < -0.4 is 5.32 Å². The topological polar surface area (TPSA) is 46.2 Å². The quantitative estimate of drug-likeness (QED) is 0.909. The lowest BCUT2D eigenvalue weighted by molar-refractivity contribution is 0.372. The van der Waals surface area contributed by atoms with Gasteiger partial charge >= 0.3 is 0 Å². The van der Waals surface area contributed by atoms with E-state index in [0.29, 0.717) is 13.0 Å². The Balaban J connectivity index is 2.30. The smallest absolute Gasteiger partial charge is 0.163 e. The molecule has 1 aliphatic heterocycles. The highest BCUT2D eigenvalue weighted by Gasteiger charge is 2.35. The number of rotatable bonds is 5. The minimum atomic E-state index is -3.05. The molecule has 0 saturated carbocycles. The van der Waals surface area contributed by atoms with Gasteiger partial charge in [-0.2, -0.15) is 0 Å². The number of halogens is 2. The van der Waals surface area contributed by atoms with Gasteiger partial charge in [-0.15, -0.1) is 0 Å². The molecule has 2 atom stereocenters. The largest absolute Gasteiger partial charge is 0.310 e. The van der Waals surface area contributed by atoms with Gasteiger partial charge in [-0.05, 0) is 31.4 Å². The number of benzene rings is 1. The molecule has 3 nitrogen and oxygen atoms in total. The Bertz CT molecular complexity index is 575. The summed E-state index contributed by atoms with van der Waals surface area (Å²) in [6.07, 6.45) is 1.33. The molecule has 1 aromatic carbocycles. The summed E-state index contributed by atoms with van der Waals surface area (Å²) in [5.41, 5.74) is 0.223. The molecule has 1 aromatic rings. The van der Waals surface area contributed by atoms with Crippen molar-refractivity contribution in [3.63, 3.8) is 0 Å². The van der Waals surface area contributed by atoms with Gasteiger partial charge in [-0.3, -0.25) is 0 Å². The van der Waals surface area contributed by atoms with Crippen molar-refractivity contribution >= 4 is 9.84 Å². The summed E-state index contributed by atoms with van der Waals surface area (Å²) in [5, 5.41) is 3.16. The van der Waals surface area contributed by atoms with Crippen molar-refractivity contribution in [2.75, 3.05) is 18.1 Å². The molecule has 0 amide bonds. The van der Waals surface area contributed by atoms with E-state index in [1.54, 1.807) is 0 Å². The van der Waals surface area contributed by atoms with Crippen LogP contribution in [0.5, 0.6) is 0 Å². The molecule has 0 aliphatic carbocycles. The second kappa shape index (κ2) is 6.18. The lowest BCUT2D eigenvalue weighted by atomic mass is 9.92. The van der Waals surface area contributed by atoms with E-state index >= 15 is 0 Å². The summed E-state index contributed by atoms with van der Waals surface area (Å²) < 4.78 is 50.6. The van der Waals surface area contributed by atoms with Crippen molar-refractivity contribution < 1.29 is 17.2 Å². The molecular formula is C14H19F2NO2S. The molecule has 1 N–H and O–H groups in total. The Labute approximate surface area is 118 Å². The van der Waals surface area contributed by atoms with Gasteiger partial charge in [-0.25, -0.2) is 17.2 Å². The second-order valence-electron chi connectivity index (χ2n) is 5.24. The summed E-state index contributed by atoms with van der Waals surface area (Å²) in [5.74, 6) is -1.83. The molecule has 1 fully saturated rings. The highest BCUT2D eigenvalue weighted by atomic mass is 32.2. The molecule has 1 saturated heterocycles. The molecule has 112 valence electrons. The van der Waals surface area contributed by atoms with Gasteiger partial charge < -0.3 is 5.32 Å². The van der Waals surface area contributed by atoms with Gasteiger partial charge in [0.1, 0.15) is 0 Å². The Morgan fingerprint density at radius 3 is 2.75 bits per heavy atom. The summed E-state index contributed by atoms with van der Waals surface area (Å²) >= 11 is 0. The van der Waals surface area contributed by atoms with Gasteiger partial charge in [0.25, 0.3) is 0 Å². The highest BCUT2D eigenvalue weighted by Crippen LogP contribution is 2.33. The molecule has 0 bridgehead atoms. The first-order valence-electron chi connectivity index (χ1n) is 6.82. The second-order valence-corrected chi connectivity index (χ2v) is 7.47. The van der Waals surface area contributed by atoms with E-state index < -0.39 is 27.5 Å². The summed E-state index contributed by atoms with van der Waals surface area (Å²) in [6.45, 7) is 2.61. The van der Waals surface area contributed by atoms with Crippen LogP contribution in [-0.4, -0.2) is 26.5 Å². The van der Waals surface area contributed by atoms with Gasteiger partial charge in [0, 0.05) is 11.6 Å². The van der Waals surface area contributed by atoms with E-state index in [2.05, 4.69) is 5.32 Å². The minimum Gasteiger partial charge on any atom is -0.310 e. The first-order valence-corrected chi connectivity index (χ1v) is 8.64. The van der Waals surface area contributed by atoms with E-state index in [1.807, 2.05) is 6.92 Å². The van der Waals surface area contributed by atoms with Crippen LogP contribution in [0.3, 0.4) is 0 Å². The van der Waals surface area contributed by atoms with Crippen molar-refractivity contribution in [1.82, 2.24) is 5.32 Å². The number of sulfone groups is 1. The SMILES string of the molecule is CCCNC(c1cccc(F)c1F)C1CCS(=O)(=O)C1. The predicted molar refractivity (Wildman–Crippen MR) is 74.2 cm³/mol. The van der Waals surface area contributed by atoms with Gasteiger partial charge in [0.05, 0.1) is 11.5 Å². The van der Waals surface area contributed by atoms with E-state index in [-0.39, 0.29) is 23.0 Å². The predicted octanol–water partition coefficient (Wildman–Crippen LogP) is 2.44. The van der Waals surface area contributed by atoms with Gasteiger partial charge in [-0.1, -0.05) is 19.1 Å². The molecular weight excluding hydrogens is 284 g/mol. The highest BCUT2D eigenvalue weighted by molar-refractivity contribution is 7.91. The third kappa shape index (κ3) is 3.35. The summed E-state index contributed by atoms with van der Waals surface area (Å²) in [6, 6.07) is 3.60. The first kappa shape index (κ1) is 15.4. The van der Waals surface area contributed by atoms with Crippen LogP contribution in [0.1, 0.15) is 31.4 Å². The molecule has 2 rings (SSSR count). The fourth-order valence-electron chi connectivity index (χ4n) is 2.68. The van der Waals surface area contributed by atoms with Crippen LogP contribution in [-0.2, 0) is 9.84 Å². The fourth-order valence-corrected chi connectivity index (χ4v) is 4.52. The monoisotopic (exact) mass is 303 g/mol. The average Bonchev–Trinajstić information content (AvgIpc) is 2.75. The van der Waals surface area contributed by atoms with Crippen LogP contribution in [0.4, 0.5) is 8.78 Å². The fraction of sp³-hybridized carbons (Fsp3) is 0.571. The first-order chi connectivity index (χ1) is 9.44. The zero-order valence-corrected chi connectivity index (χ0v) is 12.2. The maximum absolute atomic E-state index is 14.0. The van der Waals surface area contributed by atoms with Crippen LogP contribution in [0, 0.1) is 17.6 Å². The lowest BCUT2D eigenvalue weighted by Crippen LogP contribution is -2.30. The van der Waals surface area contributed by atoms with E-state index in [4.69, 9.17) is 0 Å². The zero-order valence-electron chi connectivity index (χ0n) is 11.4. The van der Waals surface area contributed by atoms with Crippen molar-refractivity contribution in [2.45, 2.75) is 25.8 Å². The van der Waals surface area contributed by atoms with Crippen LogP contribution >= 0.6 is 0 Å². The van der Waals surface area contributed by atoms with E-state index in [9.17, 15) is 17.2 Å². The third-order valence-electron chi connectivity index (χ3n) is 3.67. The van der Waals surface area contributed by atoms with Gasteiger partial charge in [0.2, 0.25) is 0 Å². The average molecular weight is 303 g/mol. The maximum atomic E-state index is 14.0. The Morgan fingerprint density at radius 1 is 1.40 bits per heavy atom. The molecule has 0 radical (unpaired) electrons. The molecule has 6 heteroatoms. The van der Waals surface area contributed by atoms with Crippen molar-refractivity contribution in [1.29, 1.82) is 0 Å². The van der Waals surface area contributed by atoms with Crippen LogP contribution in [0.15, 0.2) is 18.2 Å². The molecule has 2 unspecified atom stereocenters. The lowest BCUT2D eigenvalue weighted by Gasteiger charge is -2.25. The zero-order chi connectivity index (χ0) is 14.8. The maximum Gasteiger partial charge on any atom is 0.163 e. The molecule has 20 heavy (non-hydrogen) atoms. The van der Waals surface area contributed by atoms with Crippen molar-refractivity contribution in [3.05, 3.63) is 35.4 Å². The summed E-state index contributed by atoms with van der Waals surface area (Å²) in [7, 11) is -3.05. The van der Waals surface area contributed by atoms with Crippen LogP contribution in [0.25, 0.3) is 0 Å². The Hall–Kier alpha value is -1.01. The number of hydrogen-bond acceptors (Lipinski definition) is 3. The number of nitrogens with one attached hydrogen (secondary N) is 1. The molecule has 1 aliphatic rings. The van der Waals surface area contributed by atoms with E-state index in [0.717, 1.165) is 12.5 Å².